The zero-order chi connectivity index (χ0) is 26.4. The first-order valence-corrected chi connectivity index (χ1v) is 13.0. The SMILES string of the molecule is CNc1ccc(C2(c3ccc(Nc4nc(C)nc(C)n4)c(C)c3)c3ccccc3-c3ccccc32)cc1C. The van der Waals surface area contributed by atoms with Crippen molar-refractivity contribution in [3.05, 3.63) is 130 Å². The highest BCUT2D eigenvalue weighted by Crippen LogP contribution is 2.56. The van der Waals surface area contributed by atoms with Crippen LogP contribution >= 0.6 is 0 Å². The maximum atomic E-state index is 4.48. The Bertz CT molecular complexity index is 1620. The van der Waals surface area contributed by atoms with Crippen LogP contribution in [0.3, 0.4) is 0 Å². The number of nitrogens with zero attached hydrogens (tertiary/aromatic N) is 3. The minimum Gasteiger partial charge on any atom is -0.388 e. The molecule has 0 bridgehead atoms. The lowest BCUT2D eigenvalue weighted by molar-refractivity contribution is 0.766. The molecular weight excluding hydrogens is 466 g/mol. The van der Waals surface area contributed by atoms with Crippen molar-refractivity contribution in [1.29, 1.82) is 0 Å². The Labute approximate surface area is 224 Å². The number of hydrogen-bond donors (Lipinski definition) is 2. The molecule has 0 amide bonds. The average molecular weight is 498 g/mol. The van der Waals surface area contributed by atoms with Crippen LogP contribution in [0.1, 0.15) is 45.0 Å². The van der Waals surface area contributed by atoms with Crippen molar-refractivity contribution in [3.8, 4) is 11.1 Å². The topological polar surface area (TPSA) is 62.7 Å². The fourth-order valence-corrected chi connectivity index (χ4v) is 6.03. The van der Waals surface area contributed by atoms with E-state index in [9.17, 15) is 0 Å². The molecule has 6 rings (SSSR count). The molecule has 0 aliphatic heterocycles. The molecule has 5 nitrogen and oxygen atoms in total. The van der Waals surface area contributed by atoms with Crippen LogP contribution in [0, 0.1) is 27.7 Å². The minimum atomic E-state index is -0.437. The van der Waals surface area contributed by atoms with Gasteiger partial charge in [0, 0.05) is 18.4 Å². The first-order valence-electron chi connectivity index (χ1n) is 13.0. The van der Waals surface area contributed by atoms with E-state index in [0.717, 1.165) is 16.9 Å². The van der Waals surface area contributed by atoms with Gasteiger partial charge in [-0.1, -0.05) is 72.8 Å². The number of hydrogen-bond acceptors (Lipinski definition) is 5. The molecule has 0 fully saturated rings. The lowest BCUT2D eigenvalue weighted by Gasteiger charge is -2.35. The van der Waals surface area contributed by atoms with Crippen molar-refractivity contribution in [3.63, 3.8) is 0 Å². The number of anilines is 3. The van der Waals surface area contributed by atoms with Gasteiger partial charge in [-0.3, -0.25) is 0 Å². The number of fused-ring (bicyclic) bond motifs is 3. The van der Waals surface area contributed by atoms with Crippen molar-refractivity contribution in [2.45, 2.75) is 33.1 Å². The maximum Gasteiger partial charge on any atom is 0.230 e. The van der Waals surface area contributed by atoms with Crippen LogP contribution < -0.4 is 10.6 Å². The lowest BCUT2D eigenvalue weighted by atomic mass is 9.67. The third-order valence-corrected chi connectivity index (χ3v) is 7.65. The van der Waals surface area contributed by atoms with E-state index in [2.05, 4.69) is 124 Å². The largest absolute Gasteiger partial charge is 0.388 e. The fourth-order valence-electron chi connectivity index (χ4n) is 6.03. The minimum absolute atomic E-state index is 0.437. The first kappa shape index (κ1) is 23.9. The van der Waals surface area contributed by atoms with Gasteiger partial charge in [-0.15, -0.1) is 0 Å². The molecule has 4 aromatic carbocycles. The Morgan fingerprint density at radius 3 is 1.58 bits per heavy atom. The summed E-state index contributed by atoms with van der Waals surface area (Å²) in [5, 5.41) is 6.74. The Hall–Kier alpha value is -4.51. The van der Waals surface area contributed by atoms with E-state index in [0.29, 0.717) is 17.6 Å². The highest BCUT2D eigenvalue weighted by molar-refractivity contribution is 5.86. The predicted molar refractivity (Wildman–Crippen MR) is 155 cm³/mol. The number of aryl methyl sites for hydroxylation is 4. The van der Waals surface area contributed by atoms with Gasteiger partial charge in [0.1, 0.15) is 11.6 Å². The molecule has 1 heterocycles. The van der Waals surface area contributed by atoms with Crippen LogP contribution in [0.4, 0.5) is 17.3 Å². The van der Waals surface area contributed by atoms with E-state index in [1.165, 1.54) is 38.9 Å². The van der Waals surface area contributed by atoms with E-state index < -0.39 is 5.41 Å². The summed E-state index contributed by atoms with van der Waals surface area (Å²) in [4.78, 5) is 13.3. The summed E-state index contributed by atoms with van der Waals surface area (Å²) in [6.07, 6.45) is 0. The molecule has 5 aromatic rings. The summed E-state index contributed by atoms with van der Waals surface area (Å²) in [6.45, 7) is 8.08. The molecule has 38 heavy (non-hydrogen) atoms. The number of nitrogens with one attached hydrogen (secondary N) is 2. The standard InChI is InChI=1S/C33H31N5/c1-20-18-24(14-16-30(20)34-5)33(28-12-8-6-10-26(28)27-11-7-9-13-29(27)33)25-15-17-31(21(2)19-25)38-32-36-22(3)35-23(4)37-32/h6-19,34H,1-5H3,(H,35,36,37,38). The summed E-state index contributed by atoms with van der Waals surface area (Å²) in [5.41, 5.74) is 11.7. The molecule has 0 radical (unpaired) electrons. The number of benzene rings is 4. The first-order chi connectivity index (χ1) is 18.4. The van der Waals surface area contributed by atoms with Gasteiger partial charge in [-0.2, -0.15) is 9.97 Å². The number of aromatic nitrogens is 3. The Morgan fingerprint density at radius 2 is 1.08 bits per heavy atom. The molecule has 1 aromatic heterocycles. The summed E-state index contributed by atoms with van der Waals surface area (Å²) in [7, 11) is 1.97. The summed E-state index contributed by atoms with van der Waals surface area (Å²) < 4.78 is 0. The highest BCUT2D eigenvalue weighted by atomic mass is 15.2. The summed E-state index contributed by atoms with van der Waals surface area (Å²) >= 11 is 0. The zero-order valence-corrected chi connectivity index (χ0v) is 22.4. The molecule has 1 aliphatic carbocycles. The summed E-state index contributed by atoms with van der Waals surface area (Å²) in [5.74, 6) is 1.97. The van der Waals surface area contributed by atoms with Gasteiger partial charge < -0.3 is 10.6 Å². The molecule has 0 unspecified atom stereocenters. The molecule has 5 heteroatoms. The van der Waals surface area contributed by atoms with Crippen molar-refractivity contribution >= 4 is 17.3 Å². The van der Waals surface area contributed by atoms with Crippen LogP contribution in [-0.4, -0.2) is 22.0 Å². The average Bonchev–Trinajstić information content (AvgIpc) is 3.21. The van der Waals surface area contributed by atoms with Crippen LogP contribution in [0.2, 0.25) is 0 Å². The van der Waals surface area contributed by atoms with E-state index >= 15 is 0 Å². The third kappa shape index (κ3) is 3.66. The molecule has 2 N–H and O–H groups in total. The fraction of sp³-hybridized carbons (Fsp3) is 0.182. The quantitative estimate of drug-likeness (QED) is 0.263. The van der Waals surface area contributed by atoms with Gasteiger partial charge in [0.05, 0.1) is 5.41 Å². The third-order valence-electron chi connectivity index (χ3n) is 7.65. The Morgan fingerprint density at radius 1 is 0.579 bits per heavy atom. The van der Waals surface area contributed by atoms with Gasteiger partial charge in [0.25, 0.3) is 0 Å². The van der Waals surface area contributed by atoms with Crippen molar-refractivity contribution in [1.82, 2.24) is 15.0 Å². The molecule has 188 valence electrons. The maximum absolute atomic E-state index is 4.48. The van der Waals surface area contributed by atoms with E-state index in [4.69, 9.17) is 0 Å². The lowest BCUT2D eigenvalue weighted by Crippen LogP contribution is -2.29. The van der Waals surface area contributed by atoms with Crippen molar-refractivity contribution in [2.75, 3.05) is 17.7 Å². The van der Waals surface area contributed by atoms with E-state index in [1.54, 1.807) is 0 Å². The second kappa shape index (κ2) is 9.10. The van der Waals surface area contributed by atoms with Gasteiger partial charge in [0.15, 0.2) is 0 Å². The monoisotopic (exact) mass is 497 g/mol. The van der Waals surface area contributed by atoms with Gasteiger partial charge in [-0.05, 0) is 84.3 Å². The molecule has 0 spiro atoms. The Kier molecular flexibility index (Phi) is 5.72. The van der Waals surface area contributed by atoms with Gasteiger partial charge in [0.2, 0.25) is 5.95 Å². The normalized spacial score (nSPS) is 13.1. The molecule has 0 atom stereocenters. The van der Waals surface area contributed by atoms with Crippen LogP contribution in [-0.2, 0) is 5.41 Å². The van der Waals surface area contributed by atoms with Crippen molar-refractivity contribution in [2.24, 2.45) is 0 Å². The van der Waals surface area contributed by atoms with Crippen LogP contribution in [0.15, 0.2) is 84.9 Å². The smallest absolute Gasteiger partial charge is 0.230 e. The van der Waals surface area contributed by atoms with E-state index in [1.807, 2.05) is 20.9 Å². The van der Waals surface area contributed by atoms with Gasteiger partial charge >= 0.3 is 0 Å². The van der Waals surface area contributed by atoms with Crippen molar-refractivity contribution < 1.29 is 0 Å². The second-order valence-corrected chi connectivity index (χ2v) is 10.0. The second-order valence-electron chi connectivity index (χ2n) is 10.0. The van der Waals surface area contributed by atoms with Gasteiger partial charge in [-0.25, -0.2) is 4.98 Å². The molecule has 1 aliphatic rings. The molecule has 0 saturated carbocycles. The number of rotatable bonds is 5. The molecular formula is C33H31N5. The zero-order valence-electron chi connectivity index (χ0n) is 22.4. The Balaban J connectivity index is 1.58. The van der Waals surface area contributed by atoms with E-state index in [-0.39, 0.29) is 0 Å². The van der Waals surface area contributed by atoms with Crippen LogP contribution in [0.25, 0.3) is 11.1 Å². The predicted octanol–water partition coefficient (Wildman–Crippen LogP) is 7.25. The highest BCUT2D eigenvalue weighted by Gasteiger charge is 2.46. The molecule has 0 saturated heterocycles. The summed E-state index contributed by atoms with van der Waals surface area (Å²) in [6, 6.07) is 31.2. The van der Waals surface area contributed by atoms with Crippen LogP contribution in [0.5, 0.6) is 0 Å².